The van der Waals surface area contributed by atoms with Gasteiger partial charge in [0.1, 0.15) is 22.5 Å². The van der Waals surface area contributed by atoms with Crippen LogP contribution in [-0.2, 0) is 30.7 Å². The summed E-state index contributed by atoms with van der Waals surface area (Å²) in [5.41, 5.74) is 3.18. The van der Waals surface area contributed by atoms with Crippen LogP contribution in [0.15, 0.2) is 33.9 Å². The maximum absolute atomic E-state index is 13.0. The van der Waals surface area contributed by atoms with Crippen molar-refractivity contribution in [2.75, 3.05) is 5.32 Å². The molecular weight excluding hydrogens is 438 g/mol. The van der Waals surface area contributed by atoms with Crippen molar-refractivity contribution in [2.24, 2.45) is 0 Å². The summed E-state index contributed by atoms with van der Waals surface area (Å²) >= 11 is 1.60. The second-order valence-electron chi connectivity index (χ2n) is 8.29. The zero-order valence-corrected chi connectivity index (χ0v) is 19.3. The van der Waals surface area contributed by atoms with Crippen LogP contribution in [0.5, 0.6) is 0 Å². The molecule has 1 N–H and O–H groups in total. The Kier molecular flexibility index (Phi) is 5.38. The van der Waals surface area contributed by atoms with Crippen LogP contribution in [0.25, 0.3) is 10.2 Å². The molecule has 8 nitrogen and oxygen atoms in total. The van der Waals surface area contributed by atoms with Crippen molar-refractivity contribution in [3.8, 4) is 6.07 Å². The zero-order valence-electron chi connectivity index (χ0n) is 18.5. The van der Waals surface area contributed by atoms with Gasteiger partial charge in [0.15, 0.2) is 0 Å². The molecule has 0 atom stereocenters. The summed E-state index contributed by atoms with van der Waals surface area (Å²) in [5.74, 6) is 0.903. The highest BCUT2D eigenvalue weighted by atomic mass is 32.1. The fourth-order valence-corrected chi connectivity index (χ4v) is 5.70. The molecular formula is C24H23N5O3S. The van der Waals surface area contributed by atoms with Gasteiger partial charge in [-0.2, -0.15) is 5.26 Å². The van der Waals surface area contributed by atoms with Crippen LogP contribution >= 0.6 is 11.3 Å². The number of anilines is 1. The first-order valence-corrected chi connectivity index (χ1v) is 11.7. The maximum Gasteiger partial charge on any atom is 0.262 e. The second-order valence-corrected chi connectivity index (χ2v) is 9.37. The number of amides is 1. The Balaban J connectivity index is 1.37. The second kappa shape index (κ2) is 8.37. The summed E-state index contributed by atoms with van der Waals surface area (Å²) in [6.45, 7) is 4.40. The Bertz CT molecular complexity index is 1470. The number of hydrogen-bond acceptors (Lipinski definition) is 6. The Morgan fingerprint density at radius 3 is 2.97 bits per heavy atom. The van der Waals surface area contributed by atoms with E-state index in [0.717, 1.165) is 46.7 Å². The summed E-state index contributed by atoms with van der Waals surface area (Å²) in [5, 5.41) is 13.3. The highest BCUT2D eigenvalue weighted by Crippen LogP contribution is 2.34. The lowest BCUT2D eigenvalue weighted by atomic mass is 10.2. The third kappa shape index (κ3) is 3.66. The van der Waals surface area contributed by atoms with Crippen LogP contribution in [0.1, 0.15) is 45.9 Å². The number of aryl methyl sites for hydroxylation is 3. The third-order valence-corrected chi connectivity index (χ3v) is 7.56. The van der Waals surface area contributed by atoms with Gasteiger partial charge in [0.25, 0.3) is 5.56 Å². The predicted octanol–water partition coefficient (Wildman–Crippen LogP) is 3.91. The maximum atomic E-state index is 13.0. The minimum Gasteiger partial charge on any atom is -0.467 e. The molecule has 1 aliphatic rings. The van der Waals surface area contributed by atoms with Gasteiger partial charge in [0, 0.05) is 23.5 Å². The van der Waals surface area contributed by atoms with E-state index in [9.17, 15) is 14.9 Å². The van der Waals surface area contributed by atoms with Crippen LogP contribution in [-0.4, -0.2) is 20.0 Å². The normalized spacial score (nSPS) is 12.8. The number of carbonyl (C=O) groups is 1. The Morgan fingerprint density at radius 2 is 2.21 bits per heavy atom. The van der Waals surface area contributed by atoms with Crippen molar-refractivity contribution in [1.82, 2.24) is 14.1 Å². The van der Waals surface area contributed by atoms with Crippen molar-refractivity contribution < 1.29 is 9.21 Å². The molecule has 9 heteroatoms. The van der Waals surface area contributed by atoms with E-state index in [2.05, 4.69) is 16.4 Å². The minimum absolute atomic E-state index is 0.0854. The Hall–Kier alpha value is -3.64. The van der Waals surface area contributed by atoms with Gasteiger partial charge in [-0.25, -0.2) is 4.98 Å². The van der Waals surface area contributed by atoms with Crippen LogP contribution in [0.3, 0.4) is 0 Å². The number of nitrogens with one attached hydrogen (secondary N) is 1. The molecule has 0 unspecified atom stereocenters. The number of aromatic nitrogens is 3. The first kappa shape index (κ1) is 21.2. The van der Waals surface area contributed by atoms with Gasteiger partial charge in [0.2, 0.25) is 5.91 Å². The first-order chi connectivity index (χ1) is 16.0. The topological polar surface area (TPSA) is 106 Å². The average Bonchev–Trinajstić information content (AvgIpc) is 3.56. The van der Waals surface area contributed by atoms with E-state index >= 15 is 0 Å². The summed E-state index contributed by atoms with van der Waals surface area (Å²) in [6.07, 6.45) is 6.21. The highest BCUT2D eigenvalue weighted by molar-refractivity contribution is 7.18. The van der Waals surface area contributed by atoms with Crippen LogP contribution in [0.4, 0.5) is 5.82 Å². The van der Waals surface area contributed by atoms with Gasteiger partial charge in [-0.3, -0.25) is 14.2 Å². The lowest BCUT2D eigenvalue weighted by Gasteiger charge is -2.12. The van der Waals surface area contributed by atoms with E-state index in [1.165, 1.54) is 15.8 Å². The SMILES string of the molecule is Cc1c(C#N)c(NC(=O)CCn2cnc3sc4c(c3c2=O)CCC4)n(Cc2ccco2)c1C. The quantitative estimate of drug-likeness (QED) is 0.469. The minimum atomic E-state index is -0.271. The fraction of sp³-hybridized carbons (Fsp3) is 0.333. The van der Waals surface area contributed by atoms with Gasteiger partial charge < -0.3 is 14.3 Å². The zero-order chi connectivity index (χ0) is 23.1. The number of fused-ring (bicyclic) bond motifs is 3. The fourth-order valence-electron chi connectivity index (χ4n) is 4.48. The lowest BCUT2D eigenvalue weighted by Crippen LogP contribution is -2.24. The van der Waals surface area contributed by atoms with Crippen molar-refractivity contribution in [2.45, 2.75) is 52.6 Å². The summed E-state index contributed by atoms with van der Waals surface area (Å²) in [6, 6.07) is 5.86. The number of nitriles is 1. The number of furan rings is 1. The molecule has 0 aliphatic heterocycles. The van der Waals surface area contributed by atoms with Gasteiger partial charge in [-0.15, -0.1) is 11.3 Å². The molecule has 0 saturated carbocycles. The summed E-state index contributed by atoms with van der Waals surface area (Å²) < 4.78 is 8.84. The lowest BCUT2D eigenvalue weighted by molar-refractivity contribution is -0.116. The summed E-state index contributed by atoms with van der Waals surface area (Å²) in [4.78, 5) is 32.4. The molecule has 4 heterocycles. The largest absolute Gasteiger partial charge is 0.467 e. The highest BCUT2D eigenvalue weighted by Gasteiger charge is 2.22. The van der Waals surface area contributed by atoms with Crippen molar-refractivity contribution in [3.63, 3.8) is 0 Å². The van der Waals surface area contributed by atoms with E-state index in [0.29, 0.717) is 23.3 Å². The van der Waals surface area contributed by atoms with Crippen LogP contribution in [0.2, 0.25) is 0 Å². The monoisotopic (exact) mass is 461 g/mol. The van der Waals surface area contributed by atoms with Gasteiger partial charge in [0.05, 0.1) is 30.1 Å². The van der Waals surface area contributed by atoms with E-state index in [-0.39, 0.29) is 24.4 Å². The molecule has 1 aliphatic carbocycles. The first-order valence-electron chi connectivity index (χ1n) is 10.9. The van der Waals surface area contributed by atoms with E-state index in [1.54, 1.807) is 23.7 Å². The molecule has 0 aromatic carbocycles. The molecule has 0 fully saturated rings. The number of carbonyl (C=O) groups excluding carboxylic acids is 1. The molecule has 4 aromatic heterocycles. The number of rotatable bonds is 6. The molecule has 1 amide bonds. The molecule has 0 spiro atoms. The molecule has 4 aromatic rings. The van der Waals surface area contributed by atoms with Gasteiger partial charge in [-0.05, 0) is 56.4 Å². The number of hydrogen-bond donors (Lipinski definition) is 1. The number of nitrogens with zero attached hydrogens (tertiary/aromatic N) is 4. The van der Waals surface area contributed by atoms with Crippen molar-refractivity contribution in [1.29, 1.82) is 5.26 Å². The van der Waals surface area contributed by atoms with E-state index in [4.69, 9.17) is 4.42 Å². The average molecular weight is 462 g/mol. The molecule has 5 rings (SSSR count). The van der Waals surface area contributed by atoms with Crippen molar-refractivity contribution >= 4 is 33.3 Å². The molecule has 0 saturated heterocycles. The van der Waals surface area contributed by atoms with E-state index in [1.807, 2.05) is 24.5 Å². The molecule has 33 heavy (non-hydrogen) atoms. The molecule has 0 bridgehead atoms. The third-order valence-electron chi connectivity index (χ3n) is 6.36. The van der Waals surface area contributed by atoms with Crippen LogP contribution in [0, 0.1) is 25.2 Å². The van der Waals surface area contributed by atoms with Crippen molar-refractivity contribution in [3.05, 3.63) is 68.1 Å². The number of thiophene rings is 1. The standard InChI is InChI=1S/C24H23N5O3S/c1-14-15(2)29(12-16-5-4-10-32-16)22(18(14)11-25)27-20(30)8-9-28-13-26-23-21(24(28)31)17-6-3-7-19(17)33-23/h4-5,10,13H,3,6-9,12H2,1-2H3,(H,27,30). The van der Waals surface area contributed by atoms with E-state index < -0.39 is 0 Å². The Morgan fingerprint density at radius 1 is 1.36 bits per heavy atom. The van der Waals surface area contributed by atoms with Gasteiger partial charge in [-0.1, -0.05) is 0 Å². The summed E-state index contributed by atoms with van der Waals surface area (Å²) in [7, 11) is 0. The predicted molar refractivity (Wildman–Crippen MR) is 126 cm³/mol. The van der Waals surface area contributed by atoms with Crippen LogP contribution < -0.4 is 10.9 Å². The Labute approximate surface area is 194 Å². The molecule has 0 radical (unpaired) electrons. The molecule has 168 valence electrons. The van der Waals surface area contributed by atoms with Gasteiger partial charge >= 0.3 is 0 Å². The smallest absolute Gasteiger partial charge is 0.262 e.